The lowest BCUT2D eigenvalue weighted by atomic mass is 9.95. The normalized spacial score (nSPS) is 20.1. The molecule has 2 aromatic rings. The molecule has 1 fully saturated rings. The van der Waals surface area contributed by atoms with Gasteiger partial charge < -0.3 is 15.5 Å². The number of nitrogens with one attached hydrogen (secondary N) is 1. The molecular weight excluding hydrogens is 314 g/mol. The Morgan fingerprint density at radius 3 is 2.96 bits per heavy atom. The minimum atomic E-state index is 0. The highest BCUT2D eigenvalue weighted by molar-refractivity contribution is 5.93. The number of oxazole rings is 1. The molecule has 1 amide bonds. The quantitative estimate of drug-likeness (QED) is 0.897. The molecule has 1 aromatic heterocycles. The standard InChI is InChI=1S/C17H21N3O2.ClH/c1-11-5-6-13(9-15(11)17-19-7-8-22-17)20-16(21)14-4-2-3-12(14)10-18;/h5-9,12,14H,2-4,10,18H2,1H3,(H,20,21);1H/t12-,14-;/m1./s1. The Hall–Kier alpha value is -1.85. The number of amides is 1. The number of carbonyl (C=O) groups is 1. The summed E-state index contributed by atoms with van der Waals surface area (Å²) in [5.74, 6) is 0.956. The summed E-state index contributed by atoms with van der Waals surface area (Å²) in [6, 6.07) is 5.78. The number of anilines is 1. The van der Waals surface area contributed by atoms with Gasteiger partial charge in [0, 0.05) is 17.2 Å². The van der Waals surface area contributed by atoms with E-state index in [9.17, 15) is 4.79 Å². The van der Waals surface area contributed by atoms with Gasteiger partial charge >= 0.3 is 0 Å². The molecule has 124 valence electrons. The number of hydrogen-bond acceptors (Lipinski definition) is 4. The summed E-state index contributed by atoms with van der Waals surface area (Å²) in [5, 5.41) is 3.01. The first-order chi connectivity index (χ1) is 10.7. The van der Waals surface area contributed by atoms with Gasteiger partial charge in [0.05, 0.1) is 6.20 Å². The molecule has 6 heteroatoms. The molecule has 5 nitrogen and oxygen atoms in total. The average molecular weight is 336 g/mol. The van der Waals surface area contributed by atoms with E-state index in [1.807, 2.05) is 25.1 Å². The van der Waals surface area contributed by atoms with E-state index in [-0.39, 0.29) is 24.2 Å². The number of aryl methyl sites for hydroxylation is 1. The molecule has 1 saturated carbocycles. The Labute approximate surface area is 142 Å². The van der Waals surface area contributed by atoms with Crippen LogP contribution in [-0.2, 0) is 4.79 Å². The van der Waals surface area contributed by atoms with Crippen LogP contribution < -0.4 is 11.1 Å². The first-order valence-electron chi connectivity index (χ1n) is 7.70. The molecule has 1 aliphatic rings. The van der Waals surface area contributed by atoms with Gasteiger partial charge in [-0.3, -0.25) is 4.79 Å². The Bertz CT molecular complexity index is 658. The van der Waals surface area contributed by atoms with Crippen LogP contribution in [0.3, 0.4) is 0 Å². The summed E-state index contributed by atoms with van der Waals surface area (Å²) in [5.41, 5.74) is 8.48. The minimum Gasteiger partial charge on any atom is -0.445 e. The summed E-state index contributed by atoms with van der Waals surface area (Å²) in [6.07, 6.45) is 6.21. The molecule has 3 rings (SSSR count). The van der Waals surface area contributed by atoms with E-state index in [4.69, 9.17) is 10.2 Å². The van der Waals surface area contributed by atoms with Gasteiger partial charge in [0.1, 0.15) is 6.26 Å². The van der Waals surface area contributed by atoms with E-state index in [0.29, 0.717) is 18.4 Å². The summed E-state index contributed by atoms with van der Waals surface area (Å²) in [4.78, 5) is 16.6. The van der Waals surface area contributed by atoms with E-state index in [1.165, 1.54) is 0 Å². The monoisotopic (exact) mass is 335 g/mol. The van der Waals surface area contributed by atoms with E-state index < -0.39 is 0 Å². The van der Waals surface area contributed by atoms with Crippen molar-refractivity contribution in [1.82, 2.24) is 4.98 Å². The fraction of sp³-hybridized carbons (Fsp3) is 0.412. The van der Waals surface area contributed by atoms with Gasteiger partial charge in [0.15, 0.2) is 0 Å². The van der Waals surface area contributed by atoms with E-state index >= 15 is 0 Å². The third kappa shape index (κ3) is 3.74. The maximum atomic E-state index is 12.5. The van der Waals surface area contributed by atoms with Crippen LogP contribution in [0.5, 0.6) is 0 Å². The van der Waals surface area contributed by atoms with Crippen LogP contribution in [-0.4, -0.2) is 17.4 Å². The topological polar surface area (TPSA) is 81.2 Å². The number of aromatic nitrogens is 1. The maximum Gasteiger partial charge on any atom is 0.227 e. The van der Waals surface area contributed by atoms with Gasteiger partial charge in [-0.15, -0.1) is 12.4 Å². The van der Waals surface area contributed by atoms with E-state index in [2.05, 4.69) is 10.3 Å². The Morgan fingerprint density at radius 2 is 2.26 bits per heavy atom. The number of nitrogens with zero attached hydrogens (tertiary/aromatic N) is 1. The van der Waals surface area contributed by atoms with Crippen LogP contribution in [0.1, 0.15) is 24.8 Å². The SMILES string of the molecule is Cc1ccc(NC(=O)[C@@H]2CCC[C@@H]2CN)cc1-c1ncco1.Cl. The van der Waals surface area contributed by atoms with Gasteiger partial charge in [-0.1, -0.05) is 12.5 Å². The maximum absolute atomic E-state index is 12.5. The molecule has 2 atom stereocenters. The number of benzene rings is 1. The highest BCUT2D eigenvalue weighted by Gasteiger charge is 2.31. The zero-order valence-electron chi connectivity index (χ0n) is 13.1. The molecule has 1 aliphatic carbocycles. The lowest BCUT2D eigenvalue weighted by Crippen LogP contribution is -2.29. The van der Waals surface area contributed by atoms with Crippen molar-refractivity contribution in [2.75, 3.05) is 11.9 Å². The molecule has 0 aliphatic heterocycles. The van der Waals surface area contributed by atoms with E-state index in [0.717, 1.165) is 36.1 Å². The van der Waals surface area contributed by atoms with Crippen molar-refractivity contribution in [1.29, 1.82) is 0 Å². The van der Waals surface area contributed by atoms with Crippen molar-refractivity contribution in [3.63, 3.8) is 0 Å². The summed E-state index contributed by atoms with van der Waals surface area (Å²) in [6.45, 7) is 2.57. The Balaban J connectivity index is 0.00000192. The van der Waals surface area contributed by atoms with Crippen LogP contribution >= 0.6 is 12.4 Å². The summed E-state index contributed by atoms with van der Waals surface area (Å²) in [7, 11) is 0. The number of rotatable bonds is 4. The average Bonchev–Trinajstić information content (AvgIpc) is 3.20. The van der Waals surface area contributed by atoms with Crippen LogP contribution in [0.15, 0.2) is 35.1 Å². The predicted octanol–water partition coefficient (Wildman–Crippen LogP) is 3.39. The number of halogens is 1. The van der Waals surface area contributed by atoms with E-state index in [1.54, 1.807) is 12.5 Å². The second kappa shape index (κ2) is 7.62. The van der Waals surface area contributed by atoms with Crippen LogP contribution in [0.4, 0.5) is 5.69 Å². The summed E-state index contributed by atoms with van der Waals surface area (Å²) >= 11 is 0. The highest BCUT2D eigenvalue weighted by atomic mass is 35.5. The third-order valence-corrected chi connectivity index (χ3v) is 4.47. The lowest BCUT2D eigenvalue weighted by Gasteiger charge is -2.17. The zero-order chi connectivity index (χ0) is 15.5. The van der Waals surface area contributed by atoms with Crippen LogP contribution in [0, 0.1) is 18.8 Å². The molecule has 0 radical (unpaired) electrons. The molecule has 0 saturated heterocycles. The van der Waals surface area contributed by atoms with Gasteiger partial charge in [-0.05, 0) is 49.9 Å². The first-order valence-corrected chi connectivity index (χ1v) is 7.70. The van der Waals surface area contributed by atoms with Crippen molar-refractivity contribution >= 4 is 24.0 Å². The fourth-order valence-corrected chi connectivity index (χ4v) is 3.19. The molecule has 0 bridgehead atoms. The molecule has 0 spiro atoms. The van der Waals surface area contributed by atoms with Crippen LogP contribution in [0.25, 0.3) is 11.5 Å². The Kier molecular flexibility index (Phi) is 5.80. The number of nitrogens with two attached hydrogens (primary N) is 1. The molecule has 0 unspecified atom stereocenters. The number of carbonyl (C=O) groups excluding carboxylic acids is 1. The van der Waals surface area contributed by atoms with Gasteiger partial charge in [-0.25, -0.2) is 4.98 Å². The van der Waals surface area contributed by atoms with Gasteiger partial charge in [0.2, 0.25) is 11.8 Å². The molecule has 1 heterocycles. The van der Waals surface area contributed by atoms with Crippen molar-refractivity contribution in [2.45, 2.75) is 26.2 Å². The van der Waals surface area contributed by atoms with Gasteiger partial charge in [-0.2, -0.15) is 0 Å². The fourth-order valence-electron chi connectivity index (χ4n) is 3.19. The van der Waals surface area contributed by atoms with Crippen molar-refractivity contribution in [3.05, 3.63) is 36.2 Å². The predicted molar refractivity (Wildman–Crippen MR) is 92.4 cm³/mol. The van der Waals surface area contributed by atoms with Crippen LogP contribution in [0.2, 0.25) is 0 Å². The van der Waals surface area contributed by atoms with Crippen molar-refractivity contribution in [3.8, 4) is 11.5 Å². The second-order valence-electron chi connectivity index (χ2n) is 5.89. The van der Waals surface area contributed by atoms with Crippen molar-refractivity contribution in [2.24, 2.45) is 17.6 Å². The smallest absolute Gasteiger partial charge is 0.227 e. The highest BCUT2D eigenvalue weighted by Crippen LogP contribution is 2.32. The zero-order valence-corrected chi connectivity index (χ0v) is 13.9. The molecule has 3 N–H and O–H groups in total. The largest absolute Gasteiger partial charge is 0.445 e. The Morgan fingerprint density at radius 1 is 1.43 bits per heavy atom. The van der Waals surface area contributed by atoms with Gasteiger partial charge in [0.25, 0.3) is 0 Å². The molecule has 23 heavy (non-hydrogen) atoms. The first kappa shape index (κ1) is 17.5. The lowest BCUT2D eigenvalue weighted by molar-refractivity contribution is -0.120. The molecular formula is C17H22ClN3O2. The number of hydrogen-bond donors (Lipinski definition) is 2. The third-order valence-electron chi connectivity index (χ3n) is 4.47. The summed E-state index contributed by atoms with van der Waals surface area (Å²) < 4.78 is 5.35. The minimum absolute atomic E-state index is 0. The second-order valence-corrected chi connectivity index (χ2v) is 5.89. The molecule has 1 aromatic carbocycles. The van der Waals surface area contributed by atoms with Crippen molar-refractivity contribution < 1.29 is 9.21 Å².